The minimum absolute atomic E-state index is 0.0160. The first-order valence-electron chi connectivity index (χ1n) is 12.1. The van der Waals surface area contributed by atoms with Crippen LogP contribution in [-0.2, 0) is 4.74 Å². The van der Waals surface area contributed by atoms with Gasteiger partial charge in [0.15, 0.2) is 23.0 Å². The fraction of sp³-hybridized carbons (Fsp3) is 0.538. The van der Waals surface area contributed by atoms with E-state index in [0.29, 0.717) is 22.8 Å². The second-order valence-corrected chi connectivity index (χ2v) is 9.20. The minimum atomic E-state index is -1.67. The Labute approximate surface area is 214 Å². The number of methoxy groups -OCH3 is 2. The molecule has 0 aliphatic carbocycles. The topological polar surface area (TPSA) is 168 Å². The molecule has 11 heteroatoms. The van der Waals surface area contributed by atoms with Crippen molar-refractivity contribution in [1.29, 1.82) is 0 Å². The highest BCUT2D eigenvalue weighted by atomic mass is 16.7. The van der Waals surface area contributed by atoms with Crippen LogP contribution >= 0.6 is 0 Å². The van der Waals surface area contributed by atoms with Gasteiger partial charge in [0.05, 0.1) is 33.4 Å². The van der Waals surface area contributed by atoms with Crippen molar-refractivity contribution >= 4 is 0 Å². The van der Waals surface area contributed by atoms with Gasteiger partial charge in [0.25, 0.3) is 0 Å². The van der Waals surface area contributed by atoms with Crippen LogP contribution in [0.4, 0.5) is 0 Å². The third kappa shape index (κ3) is 4.96. The highest BCUT2D eigenvalue weighted by Crippen LogP contribution is 2.51. The van der Waals surface area contributed by atoms with Gasteiger partial charge < -0.3 is 54.3 Å². The monoisotopic (exact) mass is 522 g/mol. The van der Waals surface area contributed by atoms with Crippen LogP contribution in [0.2, 0.25) is 0 Å². The quantitative estimate of drug-likeness (QED) is 0.253. The molecule has 0 aromatic heterocycles. The smallest absolute Gasteiger partial charge is 0.229 e. The van der Waals surface area contributed by atoms with Gasteiger partial charge in [-0.15, -0.1) is 0 Å². The summed E-state index contributed by atoms with van der Waals surface area (Å²) in [7, 11) is 3.06. The Balaban J connectivity index is 1.64. The third-order valence-corrected chi connectivity index (χ3v) is 7.06. The summed E-state index contributed by atoms with van der Waals surface area (Å²) in [6.07, 6.45) is -6.78. The summed E-state index contributed by atoms with van der Waals surface area (Å²) in [5, 5.41) is 61.1. The van der Waals surface area contributed by atoms with Gasteiger partial charge in [-0.3, -0.25) is 0 Å². The molecule has 0 unspecified atom stereocenters. The molecule has 1 saturated heterocycles. The number of aliphatic hydroxyl groups excluding tert-OH is 6. The average molecular weight is 523 g/mol. The second-order valence-electron chi connectivity index (χ2n) is 9.20. The molecule has 0 spiro atoms. The molecule has 0 radical (unpaired) electrons. The summed E-state index contributed by atoms with van der Waals surface area (Å²) >= 11 is 0. The zero-order chi connectivity index (χ0) is 26.7. The van der Waals surface area contributed by atoms with Crippen molar-refractivity contribution in [2.75, 3.05) is 34.0 Å². The van der Waals surface area contributed by atoms with Gasteiger partial charge in [-0.05, 0) is 36.6 Å². The summed E-state index contributed by atoms with van der Waals surface area (Å²) in [6, 6.07) is 10.4. The number of ether oxygens (including phenoxy) is 5. The Morgan fingerprint density at radius 2 is 1.68 bits per heavy atom. The van der Waals surface area contributed by atoms with Gasteiger partial charge in [0.2, 0.25) is 6.29 Å². The van der Waals surface area contributed by atoms with E-state index in [1.165, 1.54) is 14.2 Å². The van der Waals surface area contributed by atoms with Gasteiger partial charge in [-0.25, -0.2) is 0 Å². The Morgan fingerprint density at radius 1 is 0.919 bits per heavy atom. The van der Waals surface area contributed by atoms with Gasteiger partial charge in [0, 0.05) is 12.2 Å². The predicted octanol–water partition coefficient (Wildman–Crippen LogP) is 0.235. The van der Waals surface area contributed by atoms with E-state index in [0.717, 1.165) is 5.56 Å². The standard InChI is InChI=1S/C26H34O11/c1-33-17-8-7-14(11-19(17)34-2)22-16(12-28)15-5-3-6-18(23(15)36-22)35-25-21(31)20(30)24(32)26(13-29,37-25)9-4-10-27/h3,5-8,11,16,20-22,24-25,27-32H,4,9-10,12-13H2,1-2H3/t16-,20-,21-,22-,24+,25-,26-/m1/s1. The van der Waals surface area contributed by atoms with Gasteiger partial charge in [0.1, 0.15) is 30.0 Å². The van der Waals surface area contributed by atoms with Crippen LogP contribution in [0.3, 0.4) is 0 Å². The molecular formula is C26H34O11. The first-order chi connectivity index (χ1) is 17.8. The Kier molecular flexibility index (Phi) is 8.44. The van der Waals surface area contributed by atoms with E-state index in [1.54, 1.807) is 30.3 Å². The number of hydrogen-bond donors (Lipinski definition) is 6. The van der Waals surface area contributed by atoms with Gasteiger partial charge in [-0.2, -0.15) is 0 Å². The molecule has 2 heterocycles. The van der Waals surface area contributed by atoms with E-state index in [4.69, 9.17) is 23.7 Å². The van der Waals surface area contributed by atoms with E-state index >= 15 is 0 Å². The summed E-state index contributed by atoms with van der Waals surface area (Å²) < 4.78 is 28.7. The SMILES string of the molecule is COc1ccc([C@H]2Oc3c(O[C@@H]4O[C@@](CO)(CCCO)[C@@H](O)[C@H](O)[C@H]4O)cccc3[C@H]2CO)cc1OC. The van der Waals surface area contributed by atoms with E-state index in [9.17, 15) is 30.6 Å². The average Bonchev–Trinajstić information content (AvgIpc) is 3.32. The minimum Gasteiger partial charge on any atom is -0.493 e. The predicted molar refractivity (Wildman–Crippen MR) is 129 cm³/mol. The largest absolute Gasteiger partial charge is 0.493 e. The molecule has 1 fully saturated rings. The first-order valence-corrected chi connectivity index (χ1v) is 12.1. The van der Waals surface area contributed by atoms with Crippen molar-refractivity contribution in [2.24, 2.45) is 0 Å². The van der Waals surface area contributed by atoms with Crippen molar-refractivity contribution in [2.45, 2.75) is 55.1 Å². The van der Waals surface area contributed by atoms with Crippen LogP contribution in [0.15, 0.2) is 36.4 Å². The highest BCUT2D eigenvalue weighted by Gasteiger charge is 2.54. The number of benzene rings is 2. The number of rotatable bonds is 10. The highest BCUT2D eigenvalue weighted by molar-refractivity contribution is 5.54. The van der Waals surface area contributed by atoms with E-state index in [1.807, 2.05) is 6.07 Å². The van der Waals surface area contributed by atoms with E-state index in [-0.39, 0.29) is 31.8 Å². The molecule has 11 nitrogen and oxygen atoms in total. The molecule has 2 aromatic carbocycles. The van der Waals surface area contributed by atoms with Crippen LogP contribution in [0, 0.1) is 0 Å². The molecule has 7 atom stereocenters. The van der Waals surface area contributed by atoms with Crippen molar-refractivity contribution in [3.05, 3.63) is 47.5 Å². The lowest BCUT2D eigenvalue weighted by atomic mass is 9.84. The molecule has 0 saturated carbocycles. The van der Waals surface area contributed by atoms with Crippen molar-refractivity contribution in [3.8, 4) is 23.0 Å². The van der Waals surface area contributed by atoms with Crippen molar-refractivity contribution in [1.82, 2.24) is 0 Å². The lowest BCUT2D eigenvalue weighted by Crippen LogP contribution is -2.67. The van der Waals surface area contributed by atoms with E-state index in [2.05, 4.69) is 0 Å². The second kappa shape index (κ2) is 11.4. The van der Waals surface area contributed by atoms with Crippen LogP contribution in [-0.4, -0.2) is 94.9 Å². The fourth-order valence-corrected chi connectivity index (χ4v) is 4.98. The molecule has 6 N–H and O–H groups in total. The van der Waals surface area contributed by atoms with E-state index < -0.39 is 48.8 Å². The Morgan fingerprint density at radius 3 is 2.32 bits per heavy atom. The molecule has 37 heavy (non-hydrogen) atoms. The Bertz CT molecular complexity index is 1060. The lowest BCUT2D eigenvalue weighted by molar-refractivity contribution is -0.321. The van der Waals surface area contributed by atoms with Gasteiger partial charge >= 0.3 is 0 Å². The van der Waals surface area contributed by atoms with Crippen molar-refractivity contribution < 1.29 is 54.3 Å². The fourth-order valence-electron chi connectivity index (χ4n) is 4.98. The number of hydrogen-bond acceptors (Lipinski definition) is 11. The summed E-state index contributed by atoms with van der Waals surface area (Å²) in [6.45, 7) is -1.12. The molecular weight excluding hydrogens is 488 g/mol. The molecule has 204 valence electrons. The normalized spacial score (nSPS) is 30.9. The number of fused-ring (bicyclic) bond motifs is 1. The molecule has 0 bridgehead atoms. The Hall–Kier alpha value is -2.64. The number of aliphatic hydroxyl groups is 6. The molecule has 4 rings (SSSR count). The molecule has 2 aliphatic heterocycles. The summed E-state index contributed by atoms with van der Waals surface area (Å²) in [5.74, 6) is 1.11. The zero-order valence-electron chi connectivity index (χ0n) is 20.7. The van der Waals surface area contributed by atoms with Crippen LogP contribution in [0.1, 0.15) is 36.0 Å². The number of para-hydroxylation sites is 1. The third-order valence-electron chi connectivity index (χ3n) is 7.06. The molecule has 2 aliphatic rings. The van der Waals surface area contributed by atoms with Gasteiger partial charge in [-0.1, -0.05) is 18.2 Å². The lowest BCUT2D eigenvalue weighted by Gasteiger charge is -2.47. The maximum Gasteiger partial charge on any atom is 0.229 e. The van der Waals surface area contributed by atoms with Crippen LogP contribution in [0.5, 0.6) is 23.0 Å². The molecule has 0 amide bonds. The maximum absolute atomic E-state index is 10.6. The zero-order valence-corrected chi connectivity index (χ0v) is 20.7. The summed E-state index contributed by atoms with van der Waals surface area (Å²) in [4.78, 5) is 0. The summed E-state index contributed by atoms with van der Waals surface area (Å²) in [5.41, 5.74) is -0.255. The van der Waals surface area contributed by atoms with Crippen LogP contribution in [0.25, 0.3) is 0 Å². The van der Waals surface area contributed by atoms with Crippen molar-refractivity contribution in [3.63, 3.8) is 0 Å². The molecule has 2 aromatic rings. The maximum atomic E-state index is 10.6. The van der Waals surface area contributed by atoms with Crippen LogP contribution < -0.4 is 18.9 Å². The first kappa shape index (κ1) is 27.4.